The molecule has 0 N–H and O–H groups in total. The first kappa shape index (κ1) is 13.4. The molecule has 100 valence electrons. The van der Waals surface area contributed by atoms with E-state index < -0.39 is 0 Å². The second-order valence-corrected chi connectivity index (χ2v) is 5.68. The Bertz CT molecular complexity index is 329. The van der Waals surface area contributed by atoms with E-state index in [4.69, 9.17) is 4.74 Å². The summed E-state index contributed by atoms with van der Waals surface area (Å²) < 4.78 is 5.85. The Morgan fingerprint density at radius 1 is 1.33 bits per heavy atom. The van der Waals surface area contributed by atoms with Crippen molar-refractivity contribution in [3.63, 3.8) is 0 Å². The minimum atomic E-state index is -0.320. The molecule has 0 unspecified atom stereocenters. The predicted molar refractivity (Wildman–Crippen MR) is 73.1 cm³/mol. The molecule has 0 aromatic heterocycles. The Morgan fingerprint density at radius 2 is 1.94 bits per heavy atom. The average molecular weight is 248 g/mol. The maximum absolute atomic E-state index is 12.1. The third-order valence-corrected chi connectivity index (χ3v) is 4.71. The predicted octanol–water partition coefficient (Wildman–Crippen LogP) is 3.88. The van der Waals surface area contributed by atoms with Crippen molar-refractivity contribution in [3.8, 4) is 0 Å². The molecule has 2 fully saturated rings. The third kappa shape index (κ3) is 2.02. The fraction of sp³-hybridized carbons (Fsp3) is 0.688. The van der Waals surface area contributed by atoms with E-state index in [-0.39, 0.29) is 17.5 Å². The molecule has 0 amide bonds. The van der Waals surface area contributed by atoms with Crippen LogP contribution in [0.15, 0.2) is 25.3 Å². The molecule has 1 saturated carbocycles. The maximum Gasteiger partial charge on any atom is 0.309 e. The van der Waals surface area contributed by atoms with Gasteiger partial charge >= 0.3 is 5.97 Å². The van der Waals surface area contributed by atoms with Gasteiger partial charge in [-0.3, -0.25) is 4.79 Å². The molecule has 0 radical (unpaired) electrons. The maximum atomic E-state index is 12.1. The van der Waals surface area contributed by atoms with Gasteiger partial charge in [0.2, 0.25) is 0 Å². The summed E-state index contributed by atoms with van der Waals surface area (Å²) in [6, 6.07) is 0. The van der Waals surface area contributed by atoms with E-state index in [0.29, 0.717) is 11.8 Å². The second-order valence-electron chi connectivity index (χ2n) is 5.68. The van der Waals surface area contributed by atoms with Crippen LogP contribution in [0.4, 0.5) is 0 Å². The molecule has 2 nitrogen and oxygen atoms in total. The Balaban J connectivity index is 2.17. The van der Waals surface area contributed by atoms with Crippen LogP contribution in [0.3, 0.4) is 0 Å². The van der Waals surface area contributed by atoms with Gasteiger partial charge in [0.05, 0.1) is 5.92 Å². The number of hydrogen-bond acceptors (Lipinski definition) is 2. The van der Waals surface area contributed by atoms with E-state index >= 15 is 0 Å². The molecule has 1 saturated heterocycles. The third-order valence-electron chi connectivity index (χ3n) is 4.71. The lowest BCUT2D eigenvalue weighted by Gasteiger charge is -2.32. The molecule has 1 aliphatic carbocycles. The number of ether oxygens (including phenoxy) is 1. The van der Waals surface area contributed by atoms with Crippen LogP contribution in [0.2, 0.25) is 0 Å². The smallest absolute Gasteiger partial charge is 0.309 e. The largest absolute Gasteiger partial charge is 0.458 e. The fourth-order valence-electron chi connectivity index (χ4n) is 3.66. The number of carbonyl (C=O) groups is 1. The summed E-state index contributed by atoms with van der Waals surface area (Å²) in [5.41, 5.74) is -0.320. The highest BCUT2D eigenvalue weighted by Crippen LogP contribution is 2.52. The molecule has 1 heterocycles. The Kier molecular flexibility index (Phi) is 3.94. The summed E-state index contributed by atoms with van der Waals surface area (Å²) in [7, 11) is 0. The van der Waals surface area contributed by atoms with Gasteiger partial charge in [0.1, 0.15) is 5.60 Å². The van der Waals surface area contributed by atoms with E-state index in [0.717, 1.165) is 38.5 Å². The van der Waals surface area contributed by atoms with Crippen molar-refractivity contribution in [2.75, 3.05) is 0 Å². The fourth-order valence-corrected chi connectivity index (χ4v) is 3.66. The topological polar surface area (TPSA) is 26.3 Å². The van der Waals surface area contributed by atoms with E-state index in [1.54, 1.807) is 0 Å². The van der Waals surface area contributed by atoms with Crippen molar-refractivity contribution >= 4 is 5.97 Å². The van der Waals surface area contributed by atoms with Crippen LogP contribution in [-0.4, -0.2) is 11.6 Å². The zero-order valence-corrected chi connectivity index (χ0v) is 11.4. The number of esters is 1. The molecular weight excluding hydrogens is 224 g/mol. The molecule has 2 aliphatic rings. The highest BCUT2D eigenvalue weighted by atomic mass is 16.6. The Labute approximate surface area is 110 Å². The first-order valence-corrected chi connectivity index (χ1v) is 7.16. The first-order valence-electron chi connectivity index (χ1n) is 7.16. The van der Waals surface area contributed by atoms with Crippen LogP contribution in [0.1, 0.15) is 45.4 Å². The lowest BCUT2D eigenvalue weighted by molar-refractivity contribution is -0.154. The first-order chi connectivity index (χ1) is 8.67. The summed E-state index contributed by atoms with van der Waals surface area (Å²) in [4.78, 5) is 12.1. The van der Waals surface area contributed by atoms with Crippen molar-refractivity contribution in [3.05, 3.63) is 25.3 Å². The van der Waals surface area contributed by atoms with Crippen molar-refractivity contribution in [1.82, 2.24) is 0 Å². The van der Waals surface area contributed by atoms with Crippen LogP contribution in [-0.2, 0) is 9.53 Å². The standard InChI is InChI=1S/C16H24O2/c1-4-7-8-12-11-16(18-15(12)17)13(5-2)9-10-14(16)6-3/h5-6,12-14H,2-4,7-11H2,1H3/t12-,13+,14+/m1/s1. The van der Waals surface area contributed by atoms with Crippen LogP contribution in [0, 0.1) is 17.8 Å². The molecule has 0 aromatic carbocycles. The molecule has 18 heavy (non-hydrogen) atoms. The van der Waals surface area contributed by atoms with E-state index in [1.165, 1.54) is 0 Å². The molecule has 1 aliphatic heterocycles. The SMILES string of the molecule is C=C[C@H]1CC[C@H](C=C)C12C[C@@H](CCCC)C(=O)O2. The highest BCUT2D eigenvalue weighted by Gasteiger charge is 2.57. The van der Waals surface area contributed by atoms with Gasteiger partial charge in [-0.05, 0) is 19.3 Å². The molecule has 2 rings (SSSR count). The van der Waals surface area contributed by atoms with Crippen LogP contribution in [0.5, 0.6) is 0 Å². The Morgan fingerprint density at radius 3 is 2.44 bits per heavy atom. The van der Waals surface area contributed by atoms with Crippen molar-refractivity contribution in [2.45, 2.75) is 51.0 Å². The van der Waals surface area contributed by atoms with Gasteiger partial charge in [0, 0.05) is 18.3 Å². The molecule has 0 bridgehead atoms. The van der Waals surface area contributed by atoms with Crippen molar-refractivity contribution in [1.29, 1.82) is 0 Å². The molecule has 3 atom stereocenters. The summed E-state index contributed by atoms with van der Waals surface area (Å²) >= 11 is 0. The summed E-state index contributed by atoms with van der Waals surface area (Å²) in [5, 5.41) is 0. The summed E-state index contributed by atoms with van der Waals surface area (Å²) in [6.45, 7) is 9.99. The number of carbonyl (C=O) groups excluding carboxylic acids is 1. The van der Waals surface area contributed by atoms with Crippen LogP contribution < -0.4 is 0 Å². The van der Waals surface area contributed by atoms with E-state index in [9.17, 15) is 4.79 Å². The normalized spacial score (nSPS) is 33.6. The minimum Gasteiger partial charge on any atom is -0.458 e. The number of unbranched alkanes of at least 4 members (excludes halogenated alkanes) is 1. The van der Waals surface area contributed by atoms with E-state index in [2.05, 4.69) is 20.1 Å². The number of hydrogen-bond donors (Lipinski definition) is 0. The second kappa shape index (κ2) is 5.29. The van der Waals surface area contributed by atoms with Crippen LogP contribution in [0.25, 0.3) is 0 Å². The highest BCUT2D eigenvalue weighted by molar-refractivity contribution is 5.75. The Hall–Kier alpha value is -1.05. The van der Waals surface area contributed by atoms with Gasteiger partial charge in [-0.15, -0.1) is 13.2 Å². The van der Waals surface area contributed by atoms with Crippen LogP contribution >= 0.6 is 0 Å². The van der Waals surface area contributed by atoms with Gasteiger partial charge in [0.25, 0.3) is 0 Å². The van der Waals surface area contributed by atoms with E-state index in [1.807, 2.05) is 12.2 Å². The number of rotatable bonds is 5. The van der Waals surface area contributed by atoms with Crippen molar-refractivity contribution in [2.24, 2.45) is 17.8 Å². The molecule has 2 heteroatoms. The van der Waals surface area contributed by atoms with Gasteiger partial charge < -0.3 is 4.74 Å². The zero-order chi connectivity index (χ0) is 13.2. The monoisotopic (exact) mass is 248 g/mol. The lowest BCUT2D eigenvalue weighted by atomic mass is 9.78. The molecule has 0 aromatic rings. The van der Waals surface area contributed by atoms with Gasteiger partial charge in [-0.1, -0.05) is 31.9 Å². The van der Waals surface area contributed by atoms with Gasteiger partial charge in [0.15, 0.2) is 0 Å². The van der Waals surface area contributed by atoms with Crippen molar-refractivity contribution < 1.29 is 9.53 Å². The summed E-state index contributed by atoms with van der Waals surface area (Å²) in [6.07, 6.45) is 10.1. The molecular formula is C16H24O2. The average Bonchev–Trinajstić information content (AvgIpc) is 2.87. The quantitative estimate of drug-likeness (QED) is 0.545. The molecule has 1 spiro atoms. The van der Waals surface area contributed by atoms with Gasteiger partial charge in [-0.25, -0.2) is 0 Å². The minimum absolute atomic E-state index is 0.00375. The zero-order valence-electron chi connectivity index (χ0n) is 11.4. The lowest BCUT2D eigenvalue weighted by Crippen LogP contribution is -2.38. The van der Waals surface area contributed by atoms with Gasteiger partial charge in [-0.2, -0.15) is 0 Å². The summed E-state index contributed by atoms with van der Waals surface area (Å²) in [5.74, 6) is 0.698.